The molecule has 0 unspecified atom stereocenters. The molecule has 4 atom stereocenters. The second-order valence-electron chi connectivity index (χ2n) is 11.4. The van der Waals surface area contributed by atoms with Crippen molar-refractivity contribution >= 4 is 0 Å². The van der Waals surface area contributed by atoms with E-state index < -0.39 is 5.60 Å². The molecule has 6 heteroatoms. The fraction of sp³-hybridized carbons (Fsp3) is 0.667. The number of benzene rings is 1. The second kappa shape index (κ2) is 7.82. The molecule has 178 valence electrons. The molecular weight excluding hydrogens is 412 g/mol. The van der Waals surface area contributed by atoms with Crippen LogP contribution in [0.25, 0.3) is 0 Å². The summed E-state index contributed by atoms with van der Waals surface area (Å²) in [5.74, 6) is 1.15. The SMILES string of the molecule is Cc1cnn(C[C@@H](C)N2CC[C@]34CCN(CC5CC5)[C@H](Cc5ccc(O)cc53)[C@]4(O)CC2)c1. The third-order valence-corrected chi connectivity index (χ3v) is 9.30. The van der Waals surface area contributed by atoms with Crippen molar-refractivity contribution < 1.29 is 10.2 Å². The molecule has 0 radical (unpaired) electrons. The number of aromatic hydroxyl groups is 1. The van der Waals surface area contributed by atoms with Gasteiger partial charge in [-0.1, -0.05) is 6.07 Å². The van der Waals surface area contributed by atoms with E-state index in [1.165, 1.54) is 29.5 Å². The highest BCUT2D eigenvalue weighted by Gasteiger charge is 2.63. The zero-order chi connectivity index (χ0) is 22.8. The molecule has 1 aromatic heterocycles. The molecule has 2 bridgehead atoms. The summed E-state index contributed by atoms with van der Waals surface area (Å²) >= 11 is 0. The standard InChI is InChI=1S/C27H38N4O2/c1-19-15-28-31(16-19)17-20(2)29-10-7-26-8-11-30(18-21-3-4-21)25(27(26,33)9-12-29)13-22-5-6-23(32)14-24(22)26/h5-6,14-16,20-21,25,32-33H,3-4,7-13,17-18H2,1-2H3/t20-,25-,26+,27-/m1/s1. The first-order valence-electron chi connectivity index (χ1n) is 12.9. The van der Waals surface area contributed by atoms with Gasteiger partial charge in [0.05, 0.1) is 18.3 Å². The van der Waals surface area contributed by atoms with Gasteiger partial charge >= 0.3 is 0 Å². The van der Waals surface area contributed by atoms with E-state index in [1.807, 2.05) is 23.0 Å². The molecular formula is C27H38N4O2. The number of aryl methyl sites for hydroxylation is 1. The fourth-order valence-electron chi connectivity index (χ4n) is 7.28. The van der Waals surface area contributed by atoms with Gasteiger partial charge in [0.1, 0.15) is 5.75 Å². The lowest BCUT2D eigenvalue weighted by molar-refractivity contribution is -0.149. The molecule has 33 heavy (non-hydrogen) atoms. The number of piperidine rings is 1. The van der Waals surface area contributed by atoms with Gasteiger partial charge in [0.15, 0.2) is 0 Å². The van der Waals surface area contributed by atoms with E-state index in [0.29, 0.717) is 11.8 Å². The molecule has 2 aliphatic carbocycles. The molecule has 0 spiro atoms. The van der Waals surface area contributed by atoms with E-state index in [9.17, 15) is 10.2 Å². The number of hydrogen-bond donors (Lipinski definition) is 2. The van der Waals surface area contributed by atoms with E-state index in [4.69, 9.17) is 0 Å². The minimum atomic E-state index is -0.752. The van der Waals surface area contributed by atoms with E-state index >= 15 is 0 Å². The molecule has 2 N–H and O–H groups in total. The van der Waals surface area contributed by atoms with Crippen molar-refractivity contribution in [1.29, 1.82) is 0 Å². The van der Waals surface area contributed by atoms with Gasteiger partial charge in [-0.25, -0.2) is 0 Å². The molecule has 6 nitrogen and oxygen atoms in total. The van der Waals surface area contributed by atoms with Crippen LogP contribution in [0.1, 0.15) is 55.7 Å². The fourth-order valence-corrected chi connectivity index (χ4v) is 7.28. The van der Waals surface area contributed by atoms with Crippen LogP contribution in [0.5, 0.6) is 5.75 Å². The number of likely N-dealkylation sites (tertiary alicyclic amines) is 2. The number of aromatic nitrogens is 2. The maximum Gasteiger partial charge on any atom is 0.115 e. The van der Waals surface area contributed by atoms with Crippen LogP contribution in [0.2, 0.25) is 0 Å². The Labute approximate surface area is 197 Å². The van der Waals surface area contributed by atoms with Crippen LogP contribution in [0.4, 0.5) is 0 Å². The Morgan fingerprint density at radius 3 is 2.70 bits per heavy atom. The van der Waals surface area contributed by atoms with Crippen molar-refractivity contribution in [1.82, 2.24) is 19.6 Å². The van der Waals surface area contributed by atoms with Gasteiger partial charge in [0.25, 0.3) is 0 Å². The Morgan fingerprint density at radius 1 is 1.15 bits per heavy atom. The highest BCUT2D eigenvalue weighted by Crippen LogP contribution is 2.56. The van der Waals surface area contributed by atoms with Gasteiger partial charge in [-0.15, -0.1) is 0 Å². The number of aliphatic hydroxyl groups is 1. The number of fused-ring (bicyclic) bond motifs is 1. The highest BCUT2D eigenvalue weighted by molar-refractivity contribution is 5.48. The average molecular weight is 451 g/mol. The van der Waals surface area contributed by atoms with E-state index in [2.05, 4.69) is 41.0 Å². The van der Waals surface area contributed by atoms with Crippen LogP contribution in [0.15, 0.2) is 30.6 Å². The molecule has 4 aliphatic rings. The molecule has 2 aromatic rings. The van der Waals surface area contributed by atoms with Crippen molar-refractivity contribution in [3.05, 3.63) is 47.3 Å². The monoisotopic (exact) mass is 450 g/mol. The number of hydrogen-bond acceptors (Lipinski definition) is 5. The summed E-state index contributed by atoms with van der Waals surface area (Å²) in [5.41, 5.74) is 2.71. The second-order valence-corrected chi connectivity index (χ2v) is 11.4. The van der Waals surface area contributed by atoms with Crippen molar-refractivity contribution in [3.63, 3.8) is 0 Å². The van der Waals surface area contributed by atoms with Crippen LogP contribution < -0.4 is 0 Å². The van der Waals surface area contributed by atoms with Crippen molar-refractivity contribution in [2.75, 3.05) is 26.2 Å². The highest BCUT2D eigenvalue weighted by atomic mass is 16.3. The van der Waals surface area contributed by atoms with Crippen molar-refractivity contribution in [3.8, 4) is 5.75 Å². The van der Waals surface area contributed by atoms with Gasteiger partial charge in [-0.05, 0) is 100 Å². The third-order valence-electron chi connectivity index (χ3n) is 9.30. The quantitative estimate of drug-likeness (QED) is 0.733. The lowest BCUT2D eigenvalue weighted by atomic mass is 9.52. The molecule has 1 saturated carbocycles. The summed E-state index contributed by atoms with van der Waals surface area (Å²) in [6, 6.07) is 6.45. The van der Waals surface area contributed by atoms with E-state index in [1.54, 1.807) is 0 Å². The van der Waals surface area contributed by atoms with Crippen molar-refractivity contribution in [2.24, 2.45) is 5.92 Å². The first-order valence-corrected chi connectivity index (χ1v) is 12.9. The molecule has 1 aromatic carbocycles. The Hall–Kier alpha value is -1.89. The van der Waals surface area contributed by atoms with Gasteiger partial charge < -0.3 is 10.2 Å². The van der Waals surface area contributed by atoms with Crippen LogP contribution in [-0.4, -0.2) is 73.7 Å². The Bertz CT molecular complexity index is 1030. The Morgan fingerprint density at radius 2 is 1.94 bits per heavy atom. The lowest BCUT2D eigenvalue weighted by Gasteiger charge is -2.61. The maximum absolute atomic E-state index is 12.6. The van der Waals surface area contributed by atoms with Crippen LogP contribution >= 0.6 is 0 Å². The largest absolute Gasteiger partial charge is 0.508 e. The van der Waals surface area contributed by atoms with Crippen LogP contribution in [0.3, 0.4) is 0 Å². The van der Waals surface area contributed by atoms with Crippen LogP contribution in [-0.2, 0) is 18.4 Å². The number of rotatable bonds is 5. The van der Waals surface area contributed by atoms with Gasteiger partial charge in [0.2, 0.25) is 0 Å². The third kappa shape index (κ3) is 3.53. The molecule has 3 heterocycles. The van der Waals surface area contributed by atoms with Crippen molar-refractivity contribution in [2.45, 2.75) is 82.0 Å². The summed E-state index contributed by atoms with van der Waals surface area (Å²) in [4.78, 5) is 5.18. The maximum atomic E-state index is 12.6. The zero-order valence-electron chi connectivity index (χ0n) is 20.1. The topological polar surface area (TPSA) is 64.8 Å². The molecule has 3 fully saturated rings. The first kappa shape index (κ1) is 21.6. The van der Waals surface area contributed by atoms with Gasteiger partial charge in [0, 0.05) is 36.8 Å². The summed E-state index contributed by atoms with van der Waals surface area (Å²) in [6.07, 6.45) is 10.3. The van der Waals surface area contributed by atoms with Gasteiger partial charge in [-0.3, -0.25) is 14.5 Å². The summed E-state index contributed by atoms with van der Waals surface area (Å²) in [7, 11) is 0. The van der Waals surface area contributed by atoms with E-state index in [-0.39, 0.29) is 11.5 Å². The summed E-state index contributed by atoms with van der Waals surface area (Å²) in [5, 5.41) is 27.5. The first-order chi connectivity index (χ1) is 15.9. The smallest absolute Gasteiger partial charge is 0.115 e. The molecule has 6 rings (SSSR count). The number of nitrogens with zero attached hydrogens (tertiary/aromatic N) is 4. The molecule has 2 saturated heterocycles. The number of phenols is 1. The average Bonchev–Trinajstić information content (AvgIpc) is 3.53. The minimum absolute atomic E-state index is 0.174. The van der Waals surface area contributed by atoms with Gasteiger partial charge in [-0.2, -0.15) is 5.10 Å². The molecule has 2 aliphatic heterocycles. The summed E-state index contributed by atoms with van der Waals surface area (Å²) < 4.78 is 2.05. The molecule has 0 amide bonds. The minimum Gasteiger partial charge on any atom is -0.508 e. The Kier molecular flexibility index (Phi) is 5.13. The predicted molar refractivity (Wildman–Crippen MR) is 128 cm³/mol. The lowest BCUT2D eigenvalue weighted by Crippen LogP contribution is -2.71. The zero-order valence-corrected chi connectivity index (χ0v) is 20.1. The van der Waals surface area contributed by atoms with E-state index in [0.717, 1.165) is 64.3 Å². The van der Waals surface area contributed by atoms with Crippen LogP contribution in [0, 0.1) is 12.8 Å². The predicted octanol–water partition coefficient (Wildman–Crippen LogP) is 3.09. The normalized spacial score (nSPS) is 33.2. The summed E-state index contributed by atoms with van der Waals surface area (Å²) in [6.45, 7) is 9.30. The Balaban J connectivity index is 1.33. The number of phenolic OH excluding ortho intramolecular Hbond substituents is 1.